The fraction of sp³-hybridized carbons (Fsp3) is 1.00. The van der Waals surface area contributed by atoms with E-state index in [9.17, 15) is 0 Å². The van der Waals surface area contributed by atoms with E-state index in [1.807, 2.05) is 0 Å². The van der Waals surface area contributed by atoms with Crippen molar-refractivity contribution >= 4 is 0 Å². The third-order valence-corrected chi connectivity index (χ3v) is 3.89. The average Bonchev–Trinajstić information content (AvgIpc) is 2.39. The zero-order valence-corrected chi connectivity index (χ0v) is 6.77. The highest BCUT2D eigenvalue weighted by atomic mass is 14.6. The van der Waals surface area contributed by atoms with Gasteiger partial charge in [-0.3, -0.25) is 0 Å². The van der Waals surface area contributed by atoms with Crippen LogP contribution in [0.15, 0.2) is 0 Å². The summed E-state index contributed by atoms with van der Waals surface area (Å²) < 4.78 is 0. The molecule has 0 spiro atoms. The van der Waals surface area contributed by atoms with Crippen molar-refractivity contribution in [2.45, 2.75) is 32.6 Å². The van der Waals surface area contributed by atoms with Crippen LogP contribution in [0.5, 0.6) is 0 Å². The summed E-state index contributed by atoms with van der Waals surface area (Å²) in [5, 5.41) is 0. The van der Waals surface area contributed by atoms with E-state index in [2.05, 4.69) is 6.92 Å². The number of nitrogens with two attached hydrogens (primary N) is 1. The maximum atomic E-state index is 5.74. The Labute approximate surface area is 63.0 Å². The summed E-state index contributed by atoms with van der Waals surface area (Å²) in [5.74, 6) is 1.86. The molecule has 1 atom stereocenters. The highest BCUT2D eigenvalue weighted by molar-refractivity contribution is 5.00. The monoisotopic (exact) mass is 139 g/mol. The van der Waals surface area contributed by atoms with Crippen LogP contribution in [-0.2, 0) is 0 Å². The van der Waals surface area contributed by atoms with Crippen LogP contribution in [0.4, 0.5) is 0 Å². The normalized spacial score (nSPS) is 52.2. The Morgan fingerprint density at radius 1 is 1.40 bits per heavy atom. The van der Waals surface area contributed by atoms with Crippen LogP contribution in [0, 0.1) is 17.3 Å². The van der Waals surface area contributed by atoms with Gasteiger partial charge in [-0.2, -0.15) is 0 Å². The van der Waals surface area contributed by atoms with Gasteiger partial charge in [-0.15, -0.1) is 0 Å². The summed E-state index contributed by atoms with van der Waals surface area (Å²) in [6.45, 7) is 3.36. The topological polar surface area (TPSA) is 26.0 Å². The molecule has 0 aromatic rings. The van der Waals surface area contributed by atoms with Gasteiger partial charge in [-0.1, -0.05) is 6.92 Å². The van der Waals surface area contributed by atoms with E-state index in [1.54, 1.807) is 0 Å². The lowest BCUT2D eigenvalue weighted by molar-refractivity contribution is 0.259. The molecule has 0 saturated heterocycles. The van der Waals surface area contributed by atoms with Crippen LogP contribution < -0.4 is 5.73 Å². The van der Waals surface area contributed by atoms with Gasteiger partial charge in [0.15, 0.2) is 0 Å². The van der Waals surface area contributed by atoms with Crippen LogP contribution in [0.3, 0.4) is 0 Å². The molecular weight excluding hydrogens is 122 g/mol. The molecule has 0 aromatic carbocycles. The fourth-order valence-corrected chi connectivity index (χ4v) is 3.12. The summed E-state index contributed by atoms with van der Waals surface area (Å²) in [4.78, 5) is 0. The predicted molar refractivity (Wildman–Crippen MR) is 42.6 cm³/mol. The Kier molecular flexibility index (Phi) is 1.31. The van der Waals surface area contributed by atoms with Gasteiger partial charge in [0.2, 0.25) is 0 Å². The molecule has 1 nitrogen and oxygen atoms in total. The van der Waals surface area contributed by atoms with Crippen molar-refractivity contribution in [1.82, 2.24) is 0 Å². The van der Waals surface area contributed by atoms with Crippen molar-refractivity contribution in [1.29, 1.82) is 0 Å². The van der Waals surface area contributed by atoms with Gasteiger partial charge in [-0.05, 0) is 49.5 Å². The third kappa shape index (κ3) is 0.672. The van der Waals surface area contributed by atoms with Crippen molar-refractivity contribution in [2.75, 3.05) is 6.54 Å². The summed E-state index contributed by atoms with van der Waals surface area (Å²) >= 11 is 0. The maximum Gasteiger partial charge on any atom is -0.00410 e. The number of fused-ring (bicyclic) bond motifs is 2. The largest absolute Gasteiger partial charge is 0.330 e. The Bertz CT molecular complexity index is 134. The van der Waals surface area contributed by atoms with E-state index in [-0.39, 0.29) is 0 Å². The Morgan fingerprint density at radius 3 is 2.20 bits per heavy atom. The molecule has 2 aliphatic carbocycles. The molecule has 1 unspecified atom stereocenters. The molecule has 58 valence electrons. The SMILES string of the molecule is CC12CCC(CC1)C2CN. The molecule has 0 aliphatic heterocycles. The minimum Gasteiger partial charge on any atom is -0.330 e. The van der Waals surface area contributed by atoms with Crippen LogP contribution in [0.25, 0.3) is 0 Å². The number of hydrogen-bond donors (Lipinski definition) is 1. The highest BCUT2D eigenvalue weighted by Gasteiger charge is 2.49. The molecule has 2 N–H and O–H groups in total. The first-order chi connectivity index (χ1) is 4.76. The molecule has 0 amide bonds. The smallest absolute Gasteiger partial charge is 0.00410 e. The minimum absolute atomic E-state index is 0.652. The summed E-state index contributed by atoms with van der Waals surface area (Å²) in [6.07, 6.45) is 5.80. The fourth-order valence-electron chi connectivity index (χ4n) is 3.12. The van der Waals surface area contributed by atoms with Crippen LogP contribution in [0.2, 0.25) is 0 Å². The molecule has 0 radical (unpaired) electrons. The quantitative estimate of drug-likeness (QED) is 0.588. The molecule has 2 bridgehead atoms. The van der Waals surface area contributed by atoms with E-state index in [0.29, 0.717) is 5.41 Å². The Balaban J connectivity index is 2.20. The Morgan fingerprint density at radius 2 is 2.00 bits per heavy atom. The van der Waals surface area contributed by atoms with Crippen LogP contribution >= 0.6 is 0 Å². The third-order valence-electron chi connectivity index (χ3n) is 3.89. The number of rotatable bonds is 1. The molecule has 1 heteroatoms. The van der Waals surface area contributed by atoms with Crippen molar-refractivity contribution < 1.29 is 0 Å². The second kappa shape index (κ2) is 1.97. The van der Waals surface area contributed by atoms with Gasteiger partial charge in [0.05, 0.1) is 0 Å². The van der Waals surface area contributed by atoms with Crippen molar-refractivity contribution in [2.24, 2.45) is 23.0 Å². The van der Waals surface area contributed by atoms with Gasteiger partial charge in [-0.25, -0.2) is 0 Å². The lowest BCUT2D eigenvalue weighted by Crippen LogP contribution is -2.25. The zero-order valence-electron chi connectivity index (χ0n) is 6.77. The van der Waals surface area contributed by atoms with Crippen molar-refractivity contribution in [3.63, 3.8) is 0 Å². The molecule has 2 fully saturated rings. The Hall–Kier alpha value is -0.0400. The summed E-state index contributed by atoms with van der Waals surface area (Å²) in [6, 6.07) is 0. The van der Waals surface area contributed by atoms with Crippen LogP contribution in [0.1, 0.15) is 32.6 Å². The maximum absolute atomic E-state index is 5.74. The standard InChI is InChI=1S/C9H17N/c1-9-4-2-7(3-5-9)8(9)6-10/h7-8H,2-6,10H2,1H3. The first-order valence-electron chi connectivity index (χ1n) is 4.46. The molecule has 10 heavy (non-hydrogen) atoms. The van der Waals surface area contributed by atoms with E-state index in [4.69, 9.17) is 5.73 Å². The molecule has 0 aromatic heterocycles. The second-order valence-electron chi connectivity index (χ2n) is 4.33. The van der Waals surface area contributed by atoms with Crippen LogP contribution in [-0.4, -0.2) is 6.54 Å². The summed E-state index contributed by atoms with van der Waals surface area (Å²) in [5.41, 5.74) is 6.39. The molecule has 2 rings (SSSR count). The predicted octanol–water partition coefficient (Wildman–Crippen LogP) is 1.77. The molecule has 0 heterocycles. The first kappa shape index (κ1) is 6.66. The highest BCUT2D eigenvalue weighted by Crippen LogP contribution is 2.57. The average molecular weight is 139 g/mol. The minimum atomic E-state index is 0.652. The molecule has 2 saturated carbocycles. The number of hydrogen-bond acceptors (Lipinski definition) is 1. The molecular formula is C9H17N. The lowest BCUT2D eigenvalue weighted by atomic mass is 9.81. The van der Waals surface area contributed by atoms with Gasteiger partial charge >= 0.3 is 0 Å². The van der Waals surface area contributed by atoms with E-state index in [0.717, 1.165) is 18.4 Å². The zero-order chi connectivity index (χ0) is 7.19. The first-order valence-corrected chi connectivity index (χ1v) is 4.46. The van der Waals surface area contributed by atoms with E-state index in [1.165, 1.54) is 25.7 Å². The van der Waals surface area contributed by atoms with Crippen molar-refractivity contribution in [3.8, 4) is 0 Å². The van der Waals surface area contributed by atoms with Gasteiger partial charge in [0, 0.05) is 0 Å². The van der Waals surface area contributed by atoms with Gasteiger partial charge < -0.3 is 5.73 Å². The van der Waals surface area contributed by atoms with Crippen molar-refractivity contribution in [3.05, 3.63) is 0 Å². The molecule has 2 aliphatic rings. The second-order valence-corrected chi connectivity index (χ2v) is 4.33. The summed E-state index contributed by atoms with van der Waals surface area (Å²) in [7, 11) is 0. The van der Waals surface area contributed by atoms with Gasteiger partial charge in [0.25, 0.3) is 0 Å². The lowest BCUT2D eigenvalue weighted by Gasteiger charge is -2.25. The van der Waals surface area contributed by atoms with E-state index >= 15 is 0 Å². The van der Waals surface area contributed by atoms with Gasteiger partial charge in [0.1, 0.15) is 0 Å². The van der Waals surface area contributed by atoms with E-state index < -0.39 is 0 Å².